The standard InChI is InChI=1S/C100H141FN14O19/c1-8-9-10-17-28-86(119)102-46-18-13-11-12-16-26-76(117)27-22-52-115(5,6)53-54-132-55-56-133-65-77(118)36-39-80-93(124)107-81-59-72-24-21-25-73(57-72)62-104-88(121)66-134-85-44-51-113-91(85)96(127)110-90(68(3)116)95(126)109-82(58-70-33-37-78(131-7)38-34-70)98(129)114-50-23-45-100(114,4)99(130)103-47-43-69-29-31-71(32-30-69)63-112(89(122)42-41-87(120)105-67(2)92(123)106-80)49-20-15-14-19-48-111-64-74(60-83(97(113)128)108-94(81)125)79-61-75(101)35-40-84(79)111/h21,24-25,29-35,37-38,40,57,61,64,67-68,80-83,85,90-91,116H,8-20,22-23,26-28,36,39,41-56,58-60,62-63,65-66H2,1-7H3,(H8-,102,103,104,105,106,107,108,109,110,119,120,121,123,124,125,126,127,130)/p+1/t67-,68+,80+,81-,82-,83-,85-,90-,91-,100-/m0/s1. The van der Waals surface area contributed by atoms with Crippen LogP contribution >= 0.6 is 0 Å². The minimum absolute atomic E-state index is 0.0217. The molecule has 12 amide bonds. The second-order valence-electron chi connectivity index (χ2n) is 37.3. The summed E-state index contributed by atoms with van der Waals surface area (Å²) >= 11 is 0. The molecule has 10 atom stereocenters. The highest BCUT2D eigenvalue weighted by Crippen LogP contribution is 2.33. The number of fused-ring (bicyclic) bond motifs is 16. The minimum atomic E-state index is -1.87. The molecule has 1 aromatic heterocycles. The van der Waals surface area contributed by atoms with Crippen LogP contribution in [-0.4, -0.2) is 271 Å². The first-order valence-corrected chi connectivity index (χ1v) is 48.3. The Hall–Kier alpha value is -11.1. The number of rotatable bonds is 32. The first-order valence-electron chi connectivity index (χ1n) is 48.3. The molecule has 4 aromatic carbocycles. The number of Topliss-reactive ketones (excluding diaryl/α,β-unsaturated/α-hetero) is 2. The molecule has 34 heteroatoms. The summed E-state index contributed by atoms with van der Waals surface area (Å²) in [5, 5.41) is 37.6. The second kappa shape index (κ2) is 52.7. The highest BCUT2D eigenvalue weighted by Gasteiger charge is 2.50. The van der Waals surface area contributed by atoms with E-state index in [1.165, 1.54) is 38.0 Å². The normalized spacial score (nSPS) is 22.7. The maximum absolute atomic E-state index is 16.4. The predicted octanol–water partition coefficient (Wildman–Crippen LogP) is 6.41. The van der Waals surface area contributed by atoms with Gasteiger partial charge in [-0.15, -0.1) is 0 Å². The Bertz CT molecular complexity index is 4810. The van der Waals surface area contributed by atoms with Gasteiger partial charge in [-0.3, -0.25) is 67.1 Å². The van der Waals surface area contributed by atoms with Crippen molar-refractivity contribution in [3.8, 4) is 5.75 Å². The Labute approximate surface area is 786 Å². The number of aliphatic hydroxyl groups is 1. The van der Waals surface area contributed by atoms with Gasteiger partial charge in [0.25, 0.3) is 0 Å². The molecule has 6 aliphatic rings. The fourth-order valence-electron chi connectivity index (χ4n) is 18.1. The van der Waals surface area contributed by atoms with E-state index in [1.807, 2.05) is 28.8 Å². The molecule has 0 aliphatic carbocycles. The monoisotopic (exact) mass is 1860 g/mol. The largest absolute Gasteiger partial charge is 0.497 e. The van der Waals surface area contributed by atoms with E-state index in [9.17, 15) is 43.5 Å². The maximum atomic E-state index is 16.4. The molecule has 732 valence electrons. The van der Waals surface area contributed by atoms with Crippen molar-refractivity contribution in [2.75, 3.05) is 100 Å². The second-order valence-corrected chi connectivity index (χ2v) is 37.3. The Morgan fingerprint density at radius 3 is 2.10 bits per heavy atom. The highest BCUT2D eigenvalue weighted by molar-refractivity contribution is 6.00. The number of hydrogen-bond donors (Lipinski definition) is 10. The number of benzene rings is 4. The van der Waals surface area contributed by atoms with Crippen molar-refractivity contribution in [1.82, 2.24) is 67.1 Å². The number of nitrogens with one attached hydrogen (secondary N) is 9. The molecule has 10 N–H and O–H groups in total. The summed E-state index contributed by atoms with van der Waals surface area (Å²) in [6, 6.07) is 13.8. The summed E-state index contributed by atoms with van der Waals surface area (Å²) in [5.41, 5.74) is 2.65. The number of aryl methyl sites for hydroxylation is 1. The van der Waals surface area contributed by atoms with Crippen molar-refractivity contribution in [2.24, 2.45) is 0 Å². The van der Waals surface area contributed by atoms with Crippen LogP contribution in [0.15, 0.2) is 97.2 Å². The van der Waals surface area contributed by atoms with Crippen molar-refractivity contribution in [2.45, 2.75) is 287 Å². The van der Waals surface area contributed by atoms with E-state index in [4.69, 9.17) is 18.9 Å². The van der Waals surface area contributed by atoms with E-state index in [-0.39, 0.29) is 121 Å². The zero-order valence-corrected chi connectivity index (χ0v) is 79.2. The van der Waals surface area contributed by atoms with Crippen molar-refractivity contribution in [3.63, 3.8) is 0 Å². The smallest absolute Gasteiger partial charge is 0.246 e. The molecule has 0 saturated carbocycles. The molecule has 0 spiro atoms. The number of aromatic nitrogens is 1. The number of carbonyl (C=O) groups excluding carboxylic acids is 14. The summed E-state index contributed by atoms with van der Waals surface area (Å²) < 4.78 is 41.9. The molecular formula is C100H142FN14O19+. The van der Waals surface area contributed by atoms with Crippen molar-refractivity contribution < 1.29 is 100 Å². The molecule has 7 heterocycles. The Kier molecular flexibility index (Phi) is 41.3. The number of nitrogens with zero attached hydrogens (tertiary/aromatic N) is 5. The number of amides is 12. The maximum Gasteiger partial charge on any atom is 0.246 e. The summed E-state index contributed by atoms with van der Waals surface area (Å²) in [4.78, 5) is 209. The molecule has 5 aromatic rings. The molecule has 134 heavy (non-hydrogen) atoms. The summed E-state index contributed by atoms with van der Waals surface area (Å²) in [7, 11) is 5.62. The van der Waals surface area contributed by atoms with Crippen LogP contribution < -0.4 is 52.6 Å². The molecule has 2 saturated heterocycles. The molecular weight excluding hydrogens is 1720 g/mol. The van der Waals surface area contributed by atoms with Gasteiger partial charge in [-0.1, -0.05) is 119 Å². The van der Waals surface area contributed by atoms with E-state index in [2.05, 4.69) is 68.9 Å². The van der Waals surface area contributed by atoms with Gasteiger partial charge in [0.2, 0.25) is 70.9 Å². The highest BCUT2D eigenvalue weighted by atomic mass is 19.1. The lowest BCUT2D eigenvalue weighted by Crippen LogP contribution is -2.64. The van der Waals surface area contributed by atoms with Gasteiger partial charge in [-0.2, -0.15) is 0 Å². The number of unbranched alkanes of at least 4 members (excludes halogenated alkanes) is 7. The topological polar surface area (TPSA) is 419 Å². The fourth-order valence-corrected chi connectivity index (χ4v) is 18.1. The van der Waals surface area contributed by atoms with Crippen LogP contribution in [0.4, 0.5) is 4.39 Å². The summed E-state index contributed by atoms with van der Waals surface area (Å²) in [5.74, 6) is -8.87. The van der Waals surface area contributed by atoms with Gasteiger partial charge in [0.15, 0.2) is 5.78 Å². The lowest BCUT2D eigenvalue weighted by Gasteiger charge is -2.37. The Balaban J connectivity index is 0.926. The third kappa shape index (κ3) is 32.3. The number of ketones is 2. The van der Waals surface area contributed by atoms with Gasteiger partial charge >= 0.3 is 0 Å². The Morgan fingerprint density at radius 1 is 0.627 bits per heavy atom. The number of methoxy groups -OCH3 is 1. The van der Waals surface area contributed by atoms with E-state index < -0.39 is 150 Å². The van der Waals surface area contributed by atoms with Crippen LogP contribution in [0.3, 0.4) is 0 Å². The van der Waals surface area contributed by atoms with Crippen LogP contribution in [0.25, 0.3) is 10.9 Å². The number of aliphatic hydroxyl groups excluding tert-OH is 1. The number of quaternary nitrogens is 1. The third-order valence-electron chi connectivity index (χ3n) is 26.1. The van der Waals surface area contributed by atoms with Gasteiger partial charge in [0.1, 0.15) is 84.9 Å². The zero-order valence-electron chi connectivity index (χ0n) is 79.2. The number of ether oxygens (including phenoxy) is 4. The minimum Gasteiger partial charge on any atom is -0.497 e. The number of halogens is 1. The fraction of sp³-hybridized carbons (Fsp3) is 0.600. The van der Waals surface area contributed by atoms with E-state index >= 15 is 33.2 Å². The van der Waals surface area contributed by atoms with Gasteiger partial charge in [-0.05, 0) is 149 Å². The number of carbonyl (C=O) groups is 14. The summed E-state index contributed by atoms with van der Waals surface area (Å²) in [6.07, 6.45) is 11.2. The molecule has 6 aliphatic heterocycles. The van der Waals surface area contributed by atoms with Gasteiger partial charge in [-0.25, -0.2) is 4.39 Å². The molecule has 0 radical (unpaired) electrons. The van der Waals surface area contributed by atoms with Gasteiger partial charge in [0.05, 0.1) is 59.8 Å². The van der Waals surface area contributed by atoms with Crippen LogP contribution in [-0.2, 0) is 127 Å². The molecule has 11 rings (SSSR count). The Morgan fingerprint density at radius 2 is 1.34 bits per heavy atom. The SMILES string of the molecule is CCCCCCC(=O)NCCCCCCCC(=O)CCC[N+](C)(C)CCOCCOCC(=O)CC[C@H]1NC(=O)[C@H](C)NC(=O)CCC(=O)N2CCCCCCn3cc(c4cc(F)ccc43)C[C@@H]3NC(=O)[C@H](Cc4cccc(c4)CNC(=O)CO[C@H]4CCN(C3=O)[C@@H]4C(=O)N[C@@H]([C@@H](C)O)C(=O)N[C@@H](Cc3ccc(OC)cc3)C(=O)N3CCC[C@@]3(C)C(=O)NCCc3ccc(cc3)C2)NC1=O. The molecule has 12 bridgehead atoms. The summed E-state index contributed by atoms with van der Waals surface area (Å²) in [6.45, 7) is 8.67. The van der Waals surface area contributed by atoms with E-state index in [1.54, 1.807) is 72.6 Å². The first-order chi connectivity index (χ1) is 64.4. The molecule has 33 nitrogen and oxygen atoms in total. The van der Waals surface area contributed by atoms with Crippen LogP contribution in [0.2, 0.25) is 0 Å². The third-order valence-corrected chi connectivity index (χ3v) is 26.1. The molecule has 2 fully saturated rings. The first kappa shape index (κ1) is 105. The van der Waals surface area contributed by atoms with Crippen LogP contribution in [0.1, 0.15) is 215 Å². The van der Waals surface area contributed by atoms with Crippen molar-refractivity contribution in [1.29, 1.82) is 0 Å². The van der Waals surface area contributed by atoms with Crippen LogP contribution in [0.5, 0.6) is 5.75 Å². The van der Waals surface area contributed by atoms with Crippen molar-refractivity contribution in [3.05, 3.63) is 136 Å². The molecule has 0 unspecified atom stereocenters. The number of hydrogen-bond acceptors (Lipinski definition) is 19. The van der Waals surface area contributed by atoms with Gasteiger partial charge < -0.3 is 95.7 Å². The average Bonchev–Trinajstić information content (AvgIpc) is 1.62. The van der Waals surface area contributed by atoms with Crippen LogP contribution in [0, 0.1) is 5.82 Å². The number of likely N-dealkylation sites (N-methyl/N-ethyl adjacent to an activating group) is 1. The van der Waals surface area contributed by atoms with E-state index in [0.29, 0.717) is 127 Å². The lowest BCUT2D eigenvalue weighted by atomic mass is 9.95. The van der Waals surface area contributed by atoms with Crippen molar-refractivity contribution >= 4 is 93.4 Å². The quantitative estimate of drug-likeness (QED) is 0.0164. The lowest BCUT2D eigenvalue weighted by molar-refractivity contribution is -0.890. The predicted molar refractivity (Wildman–Crippen MR) is 500 cm³/mol. The average molecular weight is 1860 g/mol. The zero-order chi connectivity index (χ0) is 96.3. The van der Waals surface area contributed by atoms with Gasteiger partial charge in [0, 0.05) is 134 Å². The van der Waals surface area contributed by atoms with E-state index in [0.717, 1.165) is 86.8 Å².